The van der Waals surface area contributed by atoms with E-state index in [1.54, 1.807) is 6.07 Å². The summed E-state index contributed by atoms with van der Waals surface area (Å²) in [6.07, 6.45) is 0.0198. The number of aliphatic carboxylic acids is 1. The zero-order valence-electron chi connectivity index (χ0n) is 9.28. The first kappa shape index (κ1) is 13.1. The van der Waals surface area contributed by atoms with Gasteiger partial charge in [-0.15, -0.1) is 0 Å². The molecule has 98 valence electrons. The Labute approximate surface area is 111 Å². The summed E-state index contributed by atoms with van der Waals surface area (Å²) in [5, 5.41) is 8.60. The molecule has 1 aliphatic rings. The van der Waals surface area contributed by atoms with Crippen molar-refractivity contribution in [2.24, 2.45) is 5.73 Å². The molecule has 0 aliphatic carbocycles. The van der Waals surface area contributed by atoms with Crippen molar-refractivity contribution in [3.8, 4) is 11.5 Å². The summed E-state index contributed by atoms with van der Waals surface area (Å²) in [5.74, 6) is -1.23. The van der Waals surface area contributed by atoms with Crippen molar-refractivity contribution in [2.45, 2.75) is 18.9 Å². The van der Waals surface area contributed by atoms with Crippen LogP contribution in [0.2, 0.25) is 0 Å². The summed E-state index contributed by atoms with van der Waals surface area (Å²) < 4.78 is 24.7. The summed E-state index contributed by atoms with van der Waals surface area (Å²) in [7, 11) is 0. The zero-order chi connectivity index (χ0) is 13.3. The molecule has 0 saturated carbocycles. The Morgan fingerprint density at radius 3 is 3.00 bits per heavy atom. The highest BCUT2D eigenvalue weighted by Crippen LogP contribution is 2.42. The molecule has 0 fully saturated rings. The standard InChI is InChI=1S/C11H11BrFNO4/c12-5-3-7-11(18-4-17-7)10(13)9(5)6(14)1-2-8(15)16/h3,6H,1-2,4,14H2,(H,15,16). The Hall–Kier alpha value is -1.34. The molecule has 5 nitrogen and oxygen atoms in total. The molecule has 1 unspecified atom stereocenters. The lowest BCUT2D eigenvalue weighted by molar-refractivity contribution is -0.137. The summed E-state index contributed by atoms with van der Waals surface area (Å²) >= 11 is 3.21. The van der Waals surface area contributed by atoms with E-state index in [1.165, 1.54) is 0 Å². The number of hydrogen-bond acceptors (Lipinski definition) is 4. The van der Waals surface area contributed by atoms with E-state index in [4.69, 9.17) is 20.3 Å². The topological polar surface area (TPSA) is 81.8 Å². The maximum atomic E-state index is 14.1. The van der Waals surface area contributed by atoms with Gasteiger partial charge in [0.2, 0.25) is 12.5 Å². The van der Waals surface area contributed by atoms with Crippen molar-refractivity contribution in [1.82, 2.24) is 0 Å². The van der Waals surface area contributed by atoms with Gasteiger partial charge < -0.3 is 20.3 Å². The number of ether oxygens (including phenoxy) is 2. The number of carbonyl (C=O) groups is 1. The summed E-state index contributed by atoms with van der Waals surface area (Å²) in [4.78, 5) is 10.5. The molecular formula is C11H11BrFNO4. The van der Waals surface area contributed by atoms with Gasteiger partial charge in [0, 0.05) is 22.5 Å². The quantitative estimate of drug-likeness (QED) is 0.889. The third kappa shape index (κ3) is 2.41. The lowest BCUT2D eigenvalue weighted by Crippen LogP contribution is -2.15. The average molecular weight is 320 g/mol. The number of nitrogens with two attached hydrogens (primary N) is 1. The van der Waals surface area contributed by atoms with Crippen molar-refractivity contribution in [3.05, 3.63) is 21.9 Å². The Bertz CT molecular complexity index is 494. The molecule has 3 N–H and O–H groups in total. The maximum Gasteiger partial charge on any atom is 0.303 e. The Morgan fingerprint density at radius 1 is 1.61 bits per heavy atom. The molecule has 0 amide bonds. The molecule has 1 aliphatic heterocycles. The van der Waals surface area contributed by atoms with Crippen LogP contribution < -0.4 is 15.2 Å². The van der Waals surface area contributed by atoms with Gasteiger partial charge in [-0.25, -0.2) is 4.39 Å². The number of carboxylic acid groups (broad SMARTS) is 1. The number of hydrogen-bond donors (Lipinski definition) is 2. The summed E-state index contributed by atoms with van der Waals surface area (Å²) in [5.41, 5.74) is 6.02. The van der Waals surface area contributed by atoms with E-state index in [0.717, 1.165) is 0 Å². The highest BCUT2D eigenvalue weighted by atomic mass is 79.9. The predicted octanol–water partition coefficient (Wildman–Crippen LogP) is 2.18. The summed E-state index contributed by atoms with van der Waals surface area (Å²) in [6.45, 7) is -0.0352. The first-order valence-corrected chi connectivity index (χ1v) is 6.05. The van der Waals surface area contributed by atoms with E-state index >= 15 is 0 Å². The van der Waals surface area contributed by atoms with Crippen LogP contribution in [-0.4, -0.2) is 17.9 Å². The van der Waals surface area contributed by atoms with Gasteiger partial charge in [-0.2, -0.15) is 0 Å². The minimum Gasteiger partial charge on any atom is -0.481 e. The van der Waals surface area contributed by atoms with Gasteiger partial charge in [-0.3, -0.25) is 4.79 Å². The van der Waals surface area contributed by atoms with Crippen molar-refractivity contribution in [1.29, 1.82) is 0 Å². The molecule has 2 rings (SSSR count). The van der Waals surface area contributed by atoms with E-state index in [0.29, 0.717) is 10.2 Å². The van der Waals surface area contributed by atoms with Crippen LogP contribution in [0.15, 0.2) is 10.5 Å². The van der Waals surface area contributed by atoms with Gasteiger partial charge in [-0.05, 0) is 12.5 Å². The van der Waals surface area contributed by atoms with Gasteiger partial charge in [0.05, 0.1) is 0 Å². The lowest BCUT2D eigenvalue weighted by Gasteiger charge is -2.15. The number of halogens is 2. The number of benzene rings is 1. The van der Waals surface area contributed by atoms with Gasteiger partial charge in [0.25, 0.3) is 0 Å². The highest BCUT2D eigenvalue weighted by molar-refractivity contribution is 9.10. The van der Waals surface area contributed by atoms with Gasteiger partial charge in [0.1, 0.15) is 0 Å². The Morgan fingerprint density at radius 2 is 2.33 bits per heavy atom. The third-order valence-electron chi connectivity index (χ3n) is 2.63. The molecule has 1 aromatic carbocycles. The average Bonchev–Trinajstić information content (AvgIpc) is 2.74. The van der Waals surface area contributed by atoms with Crippen LogP contribution in [0.25, 0.3) is 0 Å². The maximum absolute atomic E-state index is 14.1. The molecule has 0 radical (unpaired) electrons. The van der Waals surface area contributed by atoms with E-state index < -0.39 is 17.8 Å². The minimum atomic E-state index is -0.970. The molecule has 1 aromatic rings. The molecule has 0 bridgehead atoms. The predicted molar refractivity (Wildman–Crippen MR) is 64.0 cm³/mol. The molecule has 1 heterocycles. The second-order valence-electron chi connectivity index (χ2n) is 3.86. The van der Waals surface area contributed by atoms with Crippen LogP contribution in [0.4, 0.5) is 4.39 Å². The van der Waals surface area contributed by atoms with Crippen LogP contribution in [0, 0.1) is 5.82 Å². The Balaban J connectivity index is 2.30. The normalized spacial score (nSPS) is 14.6. The van der Waals surface area contributed by atoms with E-state index in [9.17, 15) is 9.18 Å². The van der Waals surface area contributed by atoms with Crippen molar-refractivity contribution >= 4 is 21.9 Å². The lowest BCUT2D eigenvalue weighted by atomic mass is 10.0. The first-order valence-electron chi connectivity index (χ1n) is 5.25. The fourth-order valence-corrected chi connectivity index (χ4v) is 2.43. The van der Waals surface area contributed by atoms with Crippen molar-refractivity contribution < 1.29 is 23.8 Å². The monoisotopic (exact) mass is 319 g/mol. The number of fused-ring (bicyclic) bond motifs is 1. The fourth-order valence-electron chi connectivity index (χ4n) is 1.75. The van der Waals surface area contributed by atoms with Crippen molar-refractivity contribution in [2.75, 3.05) is 6.79 Å². The van der Waals surface area contributed by atoms with Gasteiger partial charge in [0.15, 0.2) is 11.6 Å². The van der Waals surface area contributed by atoms with E-state index in [2.05, 4.69) is 15.9 Å². The van der Waals surface area contributed by atoms with Crippen LogP contribution in [-0.2, 0) is 4.79 Å². The molecule has 0 saturated heterocycles. The number of carboxylic acids is 1. The molecule has 18 heavy (non-hydrogen) atoms. The largest absolute Gasteiger partial charge is 0.481 e. The number of rotatable bonds is 4. The fraction of sp³-hybridized carbons (Fsp3) is 0.364. The smallest absolute Gasteiger partial charge is 0.303 e. The van der Waals surface area contributed by atoms with Crippen LogP contribution in [0.3, 0.4) is 0 Å². The molecular weight excluding hydrogens is 309 g/mol. The van der Waals surface area contributed by atoms with Gasteiger partial charge >= 0.3 is 5.97 Å². The van der Waals surface area contributed by atoms with Crippen molar-refractivity contribution in [3.63, 3.8) is 0 Å². The van der Waals surface area contributed by atoms with E-state index in [-0.39, 0.29) is 30.9 Å². The minimum absolute atomic E-state index is 0.0268. The van der Waals surface area contributed by atoms with Gasteiger partial charge in [-0.1, -0.05) is 15.9 Å². The SMILES string of the molecule is NC(CCC(=O)O)c1c(Br)cc2c(c1F)OCO2. The third-order valence-corrected chi connectivity index (χ3v) is 3.29. The first-order chi connectivity index (χ1) is 8.50. The highest BCUT2D eigenvalue weighted by Gasteiger charge is 2.26. The second-order valence-corrected chi connectivity index (χ2v) is 4.71. The second kappa shape index (κ2) is 5.11. The molecule has 0 spiro atoms. The van der Waals surface area contributed by atoms with Crippen LogP contribution in [0.1, 0.15) is 24.4 Å². The molecule has 0 aromatic heterocycles. The van der Waals surface area contributed by atoms with Crippen LogP contribution >= 0.6 is 15.9 Å². The zero-order valence-corrected chi connectivity index (χ0v) is 10.9. The van der Waals surface area contributed by atoms with E-state index in [1.807, 2.05) is 0 Å². The van der Waals surface area contributed by atoms with Crippen LogP contribution in [0.5, 0.6) is 11.5 Å². The molecule has 7 heteroatoms. The molecule has 1 atom stereocenters. The Kier molecular flexibility index (Phi) is 3.72. The summed E-state index contributed by atoms with van der Waals surface area (Å²) in [6, 6.07) is 0.853.